The molecule has 1 fully saturated rings. The predicted molar refractivity (Wildman–Crippen MR) is 37.2 cm³/mol. The van der Waals surface area contributed by atoms with Crippen LogP contribution in [-0.2, 0) is 0 Å². The van der Waals surface area contributed by atoms with E-state index in [-0.39, 0.29) is 6.61 Å². The van der Waals surface area contributed by atoms with E-state index in [1.54, 1.807) is 0 Å². The second-order valence-electron chi connectivity index (χ2n) is 2.63. The highest BCUT2D eigenvalue weighted by Crippen LogP contribution is 2.12. The maximum absolute atomic E-state index is 8.73. The Morgan fingerprint density at radius 3 is 3.00 bits per heavy atom. The van der Waals surface area contributed by atoms with E-state index < -0.39 is 0 Å². The molecule has 1 saturated heterocycles. The molecule has 0 saturated carbocycles. The van der Waals surface area contributed by atoms with Crippen LogP contribution in [0.4, 0.5) is 0 Å². The summed E-state index contributed by atoms with van der Waals surface area (Å²) in [7, 11) is 0. The molecule has 0 spiro atoms. The van der Waals surface area contributed by atoms with Crippen molar-refractivity contribution in [2.45, 2.75) is 6.42 Å². The van der Waals surface area contributed by atoms with Crippen LogP contribution in [0.1, 0.15) is 6.42 Å². The summed E-state index contributed by atoms with van der Waals surface area (Å²) in [4.78, 5) is 0. The van der Waals surface area contributed by atoms with Crippen molar-refractivity contribution in [3.8, 4) is 0 Å². The minimum Gasteiger partial charge on any atom is -0.396 e. The summed E-state index contributed by atoms with van der Waals surface area (Å²) in [6.45, 7) is 5.99. The Hall–Kier alpha value is -0.340. The minimum absolute atomic E-state index is 0.284. The molecular weight excluding hydrogens is 114 g/mol. The zero-order valence-corrected chi connectivity index (χ0v) is 5.56. The fourth-order valence-corrected chi connectivity index (χ4v) is 1.13. The third-order valence-electron chi connectivity index (χ3n) is 1.64. The van der Waals surface area contributed by atoms with Crippen LogP contribution in [0.5, 0.6) is 0 Å². The lowest BCUT2D eigenvalue weighted by Crippen LogP contribution is -2.32. The zero-order valence-electron chi connectivity index (χ0n) is 5.56. The first kappa shape index (κ1) is 6.78. The van der Waals surface area contributed by atoms with Gasteiger partial charge < -0.3 is 10.4 Å². The smallest absolute Gasteiger partial charge is 0.0474 e. The van der Waals surface area contributed by atoms with E-state index in [1.165, 1.54) is 5.57 Å². The van der Waals surface area contributed by atoms with Gasteiger partial charge in [-0.15, -0.1) is 0 Å². The first-order chi connectivity index (χ1) is 4.33. The van der Waals surface area contributed by atoms with Crippen molar-refractivity contribution in [3.05, 3.63) is 12.2 Å². The zero-order chi connectivity index (χ0) is 6.69. The second kappa shape index (κ2) is 2.99. The van der Waals surface area contributed by atoms with Gasteiger partial charge in [-0.2, -0.15) is 0 Å². The van der Waals surface area contributed by atoms with Crippen molar-refractivity contribution >= 4 is 0 Å². The monoisotopic (exact) mass is 127 g/mol. The highest BCUT2D eigenvalue weighted by atomic mass is 16.3. The lowest BCUT2D eigenvalue weighted by atomic mass is 9.97. The fourth-order valence-electron chi connectivity index (χ4n) is 1.13. The van der Waals surface area contributed by atoms with Gasteiger partial charge in [-0.1, -0.05) is 12.2 Å². The Balaban J connectivity index is 2.32. The maximum atomic E-state index is 8.73. The second-order valence-corrected chi connectivity index (χ2v) is 2.63. The fraction of sp³-hybridized carbons (Fsp3) is 0.714. The van der Waals surface area contributed by atoms with Crippen molar-refractivity contribution in [2.24, 2.45) is 5.92 Å². The molecule has 0 aromatic carbocycles. The lowest BCUT2D eigenvalue weighted by molar-refractivity contribution is 0.214. The van der Waals surface area contributed by atoms with Gasteiger partial charge in [0.25, 0.3) is 0 Å². The number of hydrogen-bond donors (Lipinski definition) is 2. The summed E-state index contributed by atoms with van der Waals surface area (Å²) in [6, 6.07) is 0. The summed E-state index contributed by atoms with van der Waals surface area (Å²) in [5.74, 6) is 0.409. The number of aliphatic hydroxyl groups excluding tert-OH is 1. The highest BCUT2D eigenvalue weighted by Gasteiger charge is 2.13. The minimum atomic E-state index is 0.284. The lowest BCUT2D eigenvalue weighted by Gasteiger charge is -2.22. The Morgan fingerprint density at radius 2 is 2.56 bits per heavy atom. The topological polar surface area (TPSA) is 32.3 Å². The third-order valence-corrected chi connectivity index (χ3v) is 1.64. The molecule has 1 heterocycles. The normalized spacial score (nSPS) is 28.6. The Labute approximate surface area is 55.6 Å². The van der Waals surface area contributed by atoms with E-state index in [2.05, 4.69) is 11.9 Å². The van der Waals surface area contributed by atoms with Gasteiger partial charge in [0.1, 0.15) is 0 Å². The van der Waals surface area contributed by atoms with E-state index >= 15 is 0 Å². The largest absolute Gasteiger partial charge is 0.396 e. The van der Waals surface area contributed by atoms with E-state index in [9.17, 15) is 0 Å². The molecule has 0 amide bonds. The summed E-state index contributed by atoms with van der Waals surface area (Å²) in [5.41, 5.74) is 1.21. The number of aliphatic hydroxyl groups is 1. The Morgan fingerprint density at radius 1 is 1.78 bits per heavy atom. The van der Waals surface area contributed by atoms with Gasteiger partial charge in [-0.05, 0) is 12.3 Å². The molecule has 1 aliphatic heterocycles. The predicted octanol–water partition coefficient (Wildman–Crippen LogP) is 0.144. The number of nitrogens with one attached hydrogen (secondary N) is 1. The molecule has 1 aliphatic rings. The van der Waals surface area contributed by atoms with Crippen molar-refractivity contribution in [1.29, 1.82) is 0 Å². The van der Waals surface area contributed by atoms with Crippen LogP contribution in [0.2, 0.25) is 0 Å². The molecular formula is C7H13NO. The summed E-state index contributed by atoms with van der Waals surface area (Å²) in [6.07, 6.45) is 0.990. The highest BCUT2D eigenvalue weighted by molar-refractivity contribution is 5.01. The van der Waals surface area contributed by atoms with E-state index in [0.717, 1.165) is 19.5 Å². The molecule has 2 heteroatoms. The van der Waals surface area contributed by atoms with E-state index in [1.807, 2.05) is 0 Å². The van der Waals surface area contributed by atoms with E-state index in [0.29, 0.717) is 5.92 Å². The molecule has 2 N–H and O–H groups in total. The summed E-state index contributed by atoms with van der Waals surface area (Å²) >= 11 is 0. The van der Waals surface area contributed by atoms with Crippen LogP contribution in [0.15, 0.2) is 12.2 Å². The van der Waals surface area contributed by atoms with Gasteiger partial charge in [0.15, 0.2) is 0 Å². The molecule has 0 radical (unpaired) electrons. The van der Waals surface area contributed by atoms with Crippen LogP contribution in [0, 0.1) is 5.92 Å². The van der Waals surface area contributed by atoms with Crippen molar-refractivity contribution in [1.82, 2.24) is 5.32 Å². The van der Waals surface area contributed by atoms with Crippen LogP contribution in [0.3, 0.4) is 0 Å². The molecule has 1 atom stereocenters. The maximum Gasteiger partial charge on any atom is 0.0474 e. The number of piperidine rings is 1. The van der Waals surface area contributed by atoms with Crippen molar-refractivity contribution < 1.29 is 5.11 Å². The Bertz CT molecular complexity index is 111. The molecule has 0 aromatic rings. The van der Waals surface area contributed by atoms with E-state index in [4.69, 9.17) is 5.11 Å². The first-order valence-corrected chi connectivity index (χ1v) is 3.31. The van der Waals surface area contributed by atoms with Gasteiger partial charge >= 0.3 is 0 Å². The average Bonchev–Trinajstić information content (AvgIpc) is 1.88. The molecule has 0 aliphatic carbocycles. The van der Waals surface area contributed by atoms with Gasteiger partial charge in [0, 0.05) is 19.7 Å². The Kier molecular flexibility index (Phi) is 2.25. The summed E-state index contributed by atoms with van der Waals surface area (Å²) < 4.78 is 0. The molecule has 9 heavy (non-hydrogen) atoms. The quantitative estimate of drug-likeness (QED) is 0.491. The number of rotatable bonds is 1. The molecule has 1 unspecified atom stereocenters. The van der Waals surface area contributed by atoms with Crippen molar-refractivity contribution in [3.63, 3.8) is 0 Å². The van der Waals surface area contributed by atoms with Crippen LogP contribution in [0.25, 0.3) is 0 Å². The molecule has 1 rings (SSSR count). The SMILES string of the molecule is C=C1CNCC(CO)C1. The summed E-state index contributed by atoms with van der Waals surface area (Å²) in [5, 5.41) is 11.9. The van der Waals surface area contributed by atoms with Crippen LogP contribution < -0.4 is 5.32 Å². The van der Waals surface area contributed by atoms with Crippen LogP contribution >= 0.6 is 0 Å². The average molecular weight is 127 g/mol. The molecule has 52 valence electrons. The first-order valence-electron chi connectivity index (χ1n) is 3.31. The van der Waals surface area contributed by atoms with Crippen LogP contribution in [-0.4, -0.2) is 24.8 Å². The van der Waals surface area contributed by atoms with Crippen molar-refractivity contribution in [2.75, 3.05) is 19.7 Å². The van der Waals surface area contributed by atoms with Gasteiger partial charge in [0.2, 0.25) is 0 Å². The van der Waals surface area contributed by atoms with Gasteiger partial charge in [-0.25, -0.2) is 0 Å². The molecule has 0 bridgehead atoms. The standard InChI is InChI=1S/C7H13NO/c1-6-2-7(5-9)4-8-3-6/h7-9H,1-5H2. The molecule has 0 aromatic heterocycles. The number of hydrogen-bond acceptors (Lipinski definition) is 2. The molecule has 2 nitrogen and oxygen atoms in total. The van der Waals surface area contributed by atoms with Gasteiger partial charge in [-0.3, -0.25) is 0 Å². The van der Waals surface area contributed by atoms with Gasteiger partial charge in [0.05, 0.1) is 0 Å². The third kappa shape index (κ3) is 1.80.